The highest BCUT2D eigenvalue weighted by Crippen LogP contribution is 2.39. The van der Waals surface area contributed by atoms with Crippen LogP contribution in [0.3, 0.4) is 0 Å². The van der Waals surface area contributed by atoms with Crippen LogP contribution < -0.4 is 10.6 Å². The molecule has 1 aliphatic carbocycles. The van der Waals surface area contributed by atoms with Crippen molar-refractivity contribution in [2.45, 2.75) is 18.8 Å². The molecule has 1 aliphatic rings. The Morgan fingerprint density at radius 2 is 1.79 bits per heavy atom. The number of aromatic nitrogens is 1. The lowest BCUT2D eigenvalue weighted by atomic mass is 10.1. The monoisotopic (exact) mass is 415 g/mol. The van der Waals surface area contributed by atoms with Gasteiger partial charge in [-0.3, -0.25) is 14.9 Å². The first-order chi connectivity index (χ1) is 13.5. The molecule has 0 saturated carbocycles. The molecule has 142 valence electrons. The number of thiazole rings is 1. The Morgan fingerprint density at radius 3 is 2.50 bits per heavy atom. The third kappa shape index (κ3) is 3.90. The van der Waals surface area contributed by atoms with Crippen LogP contribution in [0.5, 0.6) is 0 Å². The number of aryl methyl sites for hydroxylation is 1. The van der Waals surface area contributed by atoms with E-state index in [9.17, 15) is 14.0 Å². The molecule has 1 aromatic heterocycles. The molecule has 2 N–H and O–H groups in total. The highest BCUT2D eigenvalue weighted by Gasteiger charge is 2.33. The zero-order valence-corrected chi connectivity index (χ0v) is 16.1. The summed E-state index contributed by atoms with van der Waals surface area (Å²) < 4.78 is 13.0. The molecule has 28 heavy (non-hydrogen) atoms. The van der Waals surface area contributed by atoms with Crippen LogP contribution in [0.15, 0.2) is 48.5 Å². The Labute approximate surface area is 169 Å². The van der Waals surface area contributed by atoms with Gasteiger partial charge in [0.25, 0.3) is 5.91 Å². The van der Waals surface area contributed by atoms with E-state index in [4.69, 9.17) is 11.6 Å². The maximum Gasteiger partial charge on any atom is 0.257 e. The molecule has 0 aliphatic heterocycles. The molecule has 2 amide bonds. The first-order valence-corrected chi connectivity index (χ1v) is 9.82. The molecule has 0 spiro atoms. The second-order valence-electron chi connectivity index (χ2n) is 6.38. The minimum atomic E-state index is -0.391. The number of carbonyl (C=O) groups is 2. The van der Waals surface area contributed by atoms with Crippen LogP contribution in [0, 0.1) is 5.82 Å². The van der Waals surface area contributed by atoms with Gasteiger partial charge >= 0.3 is 0 Å². The first kappa shape index (κ1) is 18.6. The van der Waals surface area contributed by atoms with Crippen LogP contribution in [0.2, 0.25) is 5.02 Å². The van der Waals surface area contributed by atoms with E-state index in [1.807, 2.05) is 0 Å². The summed E-state index contributed by atoms with van der Waals surface area (Å²) in [7, 11) is 0. The summed E-state index contributed by atoms with van der Waals surface area (Å²) in [6.07, 6.45) is 1.39. The Morgan fingerprint density at radius 1 is 1.07 bits per heavy atom. The Balaban J connectivity index is 1.46. The van der Waals surface area contributed by atoms with E-state index in [0.29, 0.717) is 33.5 Å². The number of amides is 2. The van der Waals surface area contributed by atoms with E-state index >= 15 is 0 Å². The predicted molar refractivity (Wildman–Crippen MR) is 108 cm³/mol. The van der Waals surface area contributed by atoms with Crippen LogP contribution in [0.25, 0.3) is 0 Å². The maximum absolute atomic E-state index is 13.0. The van der Waals surface area contributed by atoms with Crippen LogP contribution >= 0.6 is 22.9 Å². The Bertz CT molecular complexity index is 1030. The fraction of sp³-hybridized carbons (Fsp3) is 0.150. The molecular formula is C20H15ClFN3O2S. The largest absolute Gasteiger partial charge is 0.326 e. The van der Waals surface area contributed by atoms with Crippen molar-refractivity contribution in [2.24, 2.45) is 0 Å². The zero-order valence-electron chi connectivity index (χ0n) is 14.5. The quantitative estimate of drug-likeness (QED) is 0.639. The molecule has 0 radical (unpaired) electrons. The second-order valence-corrected chi connectivity index (χ2v) is 7.90. The summed E-state index contributed by atoms with van der Waals surface area (Å²) in [5, 5.41) is 6.58. The second kappa shape index (κ2) is 7.69. The number of nitrogens with one attached hydrogen (secondary N) is 2. The van der Waals surface area contributed by atoms with Gasteiger partial charge in [0.15, 0.2) is 5.13 Å². The van der Waals surface area contributed by atoms with Gasteiger partial charge in [-0.15, -0.1) is 11.3 Å². The molecule has 8 heteroatoms. The van der Waals surface area contributed by atoms with E-state index in [2.05, 4.69) is 15.6 Å². The van der Waals surface area contributed by atoms with E-state index in [0.717, 1.165) is 11.3 Å². The fourth-order valence-electron chi connectivity index (χ4n) is 3.07. The average molecular weight is 416 g/mol. The lowest BCUT2D eigenvalue weighted by molar-refractivity contribution is -0.117. The van der Waals surface area contributed by atoms with Crippen molar-refractivity contribution in [1.82, 2.24) is 4.98 Å². The summed E-state index contributed by atoms with van der Waals surface area (Å²) in [5.74, 6) is -1.22. The predicted octanol–water partition coefficient (Wildman–Crippen LogP) is 4.86. The molecular weight excluding hydrogens is 401 g/mol. The first-order valence-electron chi connectivity index (χ1n) is 8.62. The third-order valence-corrected chi connectivity index (χ3v) is 5.77. The van der Waals surface area contributed by atoms with Crippen molar-refractivity contribution in [3.63, 3.8) is 0 Å². The molecule has 3 aromatic rings. The summed E-state index contributed by atoms with van der Waals surface area (Å²) in [6.45, 7) is 0. The van der Waals surface area contributed by atoms with Crippen molar-refractivity contribution < 1.29 is 14.0 Å². The van der Waals surface area contributed by atoms with Gasteiger partial charge in [0.1, 0.15) is 5.82 Å². The topological polar surface area (TPSA) is 71.1 Å². The number of nitrogens with zero attached hydrogens (tertiary/aromatic N) is 1. The van der Waals surface area contributed by atoms with Crippen LogP contribution in [0.1, 0.15) is 33.3 Å². The molecule has 0 fully saturated rings. The maximum atomic E-state index is 13.0. The molecule has 1 atom stereocenters. The molecule has 1 heterocycles. The van der Waals surface area contributed by atoms with Crippen molar-refractivity contribution in [1.29, 1.82) is 0 Å². The lowest BCUT2D eigenvalue weighted by Crippen LogP contribution is -2.20. The van der Waals surface area contributed by atoms with E-state index in [1.165, 1.54) is 35.6 Å². The normalized spacial score (nSPS) is 15.1. The van der Waals surface area contributed by atoms with Crippen LogP contribution in [-0.2, 0) is 11.2 Å². The van der Waals surface area contributed by atoms with Crippen molar-refractivity contribution in [3.8, 4) is 0 Å². The molecule has 4 rings (SSSR count). The highest BCUT2D eigenvalue weighted by molar-refractivity contribution is 7.16. The number of halogens is 2. The number of hydrogen-bond donors (Lipinski definition) is 2. The molecule has 0 bridgehead atoms. The van der Waals surface area contributed by atoms with Gasteiger partial charge in [0.05, 0.1) is 11.6 Å². The summed E-state index contributed by atoms with van der Waals surface area (Å²) >= 11 is 7.22. The van der Waals surface area contributed by atoms with Gasteiger partial charge in [-0.2, -0.15) is 0 Å². The van der Waals surface area contributed by atoms with Crippen LogP contribution in [-0.4, -0.2) is 16.8 Å². The highest BCUT2D eigenvalue weighted by atomic mass is 35.5. The van der Waals surface area contributed by atoms with Gasteiger partial charge in [0, 0.05) is 21.2 Å². The van der Waals surface area contributed by atoms with E-state index in [1.54, 1.807) is 24.3 Å². The smallest absolute Gasteiger partial charge is 0.257 e. The van der Waals surface area contributed by atoms with Crippen molar-refractivity contribution in [3.05, 3.63) is 75.5 Å². The van der Waals surface area contributed by atoms with Gasteiger partial charge in [-0.05, 0) is 61.4 Å². The van der Waals surface area contributed by atoms with E-state index < -0.39 is 5.92 Å². The number of anilines is 2. The Hall–Kier alpha value is -2.77. The molecule has 0 saturated heterocycles. The van der Waals surface area contributed by atoms with Crippen molar-refractivity contribution in [2.75, 3.05) is 10.6 Å². The molecule has 2 aromatic carbocycles. The number of rotatable bonds is 4. The Kier molecular flexibility index (Phi) is 5.11. The molecule has 5 nitrogen and oxygen atoms in total. The van der Waals surface area contributed by atoms with E-state index in [-0.39, 0.29) is 17.6 Å². The standard InChI is InChI=1S/C20H15ClFN3O2S/c21-12-3-1-11(2-4-12)18(26)25-20-24-17-15(9-10-16(17)28-20)19(27)23-14-7-5-13(22)6-8-14/h1-8,15H,9-10H2,(H,23,27)(H,24,25,26). The summed E-state index contributed by atoms with van der Waals surface area (Å²) in [6, 6.07) is 12.2. The number of benzene rings is 2. The summed E-state index contributed by atoms with van der Waals surface area (Å²) in [4.78, 5) is 30.4. The van der Waals surface area contributed by atoms with Gasteiger partial charge in [0.2, 0.25) is 5.91 Å². The van der Waals surface area contributed by atoms with Gasteiger partial charge in [-0.1, -0.05) is 11.6 Å². The van der Waals surface area contributed by atoms with Crippen molar-refractivity contribution >= 4 is 45.6 Å². The SMILES string of the molecule is O=C(Nc1nc2c(s1)CCC2C(=O)Nc1ccc(F)cc1)c1ccc(Cl)cc1. The van der Waals surface area contributed by atoms with Gasteiger partial charge < -0.3 is 5.32 Å². The number of fused-ring (bicyclic) bond motifs is 1. The van der Waals surface area contributed by atoms with Crippen LogP contribution in [0.4, 0.5) is 15.2 Å². The zero-order chi connectivity index (χ0) is 19.7. The lowest BCUT2D eigenvalue weighted by Gasteiger charge is -2.10. The average Bonchev–Trinajstić information content (AvgIpc) is 3.24. The number of hydrogen-bond acceptors (Lipinski definition) is 4. The molecule has 1 unspecified atom stereocenters. The minimum Gasteiger partial charge on any atom is -0.326 e. The minimum absolute atomic E-state index is 0.189. The van der Waals surface area contributed by atoms with Gasteiger partial charge in [-0.25, -0.2) is 9.37 Å². The summed E-state index contributed by atoms with van der Waals surface area (Å²) in [5.41, 5.74) is 1.70. The third-order valence-electron chi connectivity index (χ3n) is 4.47. The fourth-order valence-corrected chi connectivity index (χ4v) is 4.23. The number of carbonyl (C=O) groups excluding carboxylic acids is 2.